The Bertz CT molecular complexity index is 2640. The van der Waals surface area contributed by atoms with E-state index in [-0.39, 0.29) is 47.9 Å². The molecule has 8 aromatic carbocycles. The second-order valence-corrected chi connectivity index (χ2v) is 27.2. The van der Waals surface area contributed by atoms with Crippen molar-refractivity contribution in [3.8, 4) is 44.5 Å². The summed E-state index contributed by atoms with van der Waals surface area (Å²) in [6.07, 6.45) is 13.6. The zero-order valence-electron chi connectivity index (χ0n) is 48.1. The first kappa shape index (κ1) is 57.3. The van der Waals surface area contributed by atoms with Gasteiger partial charge in [-0.05, 0) is 79.7 Å². The van der Waals surface area contributed by atoms with Crippen molar-refractivity contribution in [2.75, 3.05) is 0 Å². The van der Waals surface area contributed by atoms with Crippen LogP contribution in [0.25, 0.3) is 66.1 Å². The van der Waals surface area contributed by atoms with Gasteiger partial charge in [-0.1, -0.05) is 302 Å². The SMILES string of the molecule is CC(C)(C)c1ccc(-c2ccc(-c3ccc(C(C)(C)C)cc3)c3[cH-]c(CC4CCCC4)cc23)cc1.CC(C)(C)c1ccc(-c2ccc(-c3ccc(C(C)(C)C)cc3)c3[cH-]c(CC4CCCC4)cc23)cc1.C[Si]C.[Zr+2]. The second-order valence-electron chi connectivity index (χ2n) is 26.2. The molecular formula is C72H88SiZr. The van der Waals surface area contributed by atoms with Gasteiger partial charge in [-0.25, -0.2) is 0 Å². The molecule has 0 saturated heterocycles. The van der Waals surface area contributed by atoms with E-state index in [1.54, 1.807) is 0 Å². The average molecular weight is 1070 g/mol. The molecule has 0 amide bonds. The van der Waals surface area contributed by atoms with Gasteiger partial charge in [0.05, 0.1) is 0 Å². The van der Waals surface area contributed by atoms with Gasteiger partial charge in [0.2, 0.25) is 0 Å². The first-order chi connectivity index (χ1) is 34.6. The molecule has 0 aliphatic heterocycles. The smallest absolute Gasteiger partial charge is 0.164 e. The van der Waals surface area contributed by atoms with Crippen LogP contribution in [0.2, 0.25) is 13.1 Å². The zero-order chi connectivity index (χ0) is 52.3. The van der Waals surface area contributed by atoms with E-state index in [0.29, 0.717) is 0 Å². The third-order valence-electron chi connectivity index (χ3n) is 16.1. The van der Waals surface area contributed by atoms with E-state index in [2.05, 4.69) is 242 Å². The Morgan fingerprint density at radius 3 is 0.838 bits per heavy atom. The Balaban J connectivity index is 0.000000203. The van der Waals surface area contributed by atoms with E-state index in [0.717, 1.165) is 21.4 Å². The van der Waals surface area contributed by atoms with Gasteiger partial charge < -0.3 is 0 Å². The molecule has 0 unspecified atom stereocenters. The van der Waals surface area contributed by atoms with Crippen molar-refractivity contribution >= 4 is 31.1 Å². The molecule has 0 nitrogen and oxygen atoms in total. The van der Waals surface area contributed by atoms with Crippen LogP contribution >= 0.6 is 0 Å². The number of rotatable bonds is 8. The molecule has 2 saturated carbocycles. The topological polar surface area (TPSA) is 0 Å². The fourth-order valence-corrected chi connectivity index (χ4v) is 11.7. The Kier molecular flexibility index (Phi) is 18.5. The van der Waals surface area contributed by atoms with Crippen molar-refractivity contribution in [1.82, 2.24) is 0 Å². The van der Waals surface area contributed by atoms with E-state index in [9.17, 15) is 0 Å². The van der Waals surface area contributed by atoms with Gasteiger partial charge in [-0.3, -0.25) is 0 Å². The predicted octanol–water partition coefficient (Wildman–Crippen LogP) is 21.2. The number of hydrogen-bond acceptors (Lipinski definition) is 0. The monoisotopic (exact) mass is 1070 g/mol. The molecule has 8 aromatic rings. The molecule has 0 heterocycles. The van der Waals surface area contributed by atoms with Crippen LogP contribution in [0.3, 0.4) is 0 Å². The summed E-state index contributed by atoms with van der Waals surface area (Å²) in [6, 6.07) is 56.4. The Morgan fingerprint density at radius 1 is 0.365 bits per heavy atom. The summed E-state index contributed by atoms with van der Waals surface area (Å²) in [4.78, 5) is 0. The number of hydrogen-bond donors (Lipinski definition) is 0. The molecule has 2 fully saturated rings. The second kappa shape index (κ2) is 23.9. The predicted molar refractivity (Wildman–Crippen MR) is 324 cm³/mol. The summed E-state index contributed by atoms with van der Waals surface area (Å²) >= 11 is 0. The maximum atomic E-state index is 2.49. The van der Waals surface area contributed by atoms with Crippen molar-refractivity contribution in [1.29, 1.82) is 0 Å². The van der Waals surface area contributed by atoms with Crippen molar-refractivity contribution in [3.63, 3.8) is 0 Å². The van der Waals surface area contributed by atoms with Crippen LogP contribution in [0.5, 0.6) is 0 Å². The summed E-state index contributed by atoms with van der Waals surface area (Å²) in [7, 11) is 1.08. The van der Waals surface area contributed by atoms with Gasteiger partial charge in [-0.15, -0.1) is 44.8 Å². The van der Waals surface area contributed by atoms with Crippen LogP contribution in [-0.4, -0.2) is 9.52 Å². The summed E-state index contributed by atoms with van der Waals surface area (Å²) in [5, 5.41) is 5.61. The third kappa shape index (κ3) is 13.8. The molecule has 0 bridgehead atoms. The van der Waals surface area contributed by atoms with E-state index in [1.807, 2.05) is 0 Å². The maximum Gasteiger partial charge on any atom is 2.00 e. The van der Waals surface area contributed by atoms with E-state index in [4.69, 9.17) is 0 Å². The molecule has 2 aliphatic carbocycles. The molecule has 0 spiro atoms. The first-order valence-electron chi connectivity index (χ1n) is 28.1. The summed E-state index contributed by atoms with van der Waals surface area (Å²) in [6.45, 7) is 31.7. The average Bonchev–Trinajstić information content (AvgIpc) is 4.20. The fourth-order valence-electron chi connectivity index (χ4n) is 11.7. The van der Waals surface area contributed by atoms with Gasteiger partial charge >= 0.3 is 26.2 Å². The van der Waals surface area contributed by atoms with Crippen LogP contribution in [-0.2, 0) is 60.7 Å². The van der Waals surface area contributed by atoms with Crippen LogP contribution in [0, 0.1) is 11.8 Å². The Labute approximate surface area is 471 Å². The van der Waals surface area contributed by atoms with Crippen LogP contribution in [0.1, 0.15) is 168 Å². The first-order valence-corrected chi connectivity index (χ1v) is 30.1. The van der Waals surface area contributed by atoms with E-state index in [1.165, 1.54) is 164 Å². The largest absolute Gasteiger partial charge is 2.00 e. The molecule has 0 N–H and O–H groups in total. The van der Waals surface area contributed by atoms with Gasteiger partial charge in [-0.2, -0.15) is 12.1 Å². The van der Waals surface area contributed by atoms with Gasteiger partial charge in [0.1, 0.15) is 0 Å². The molecule has 0 aromatic heterocycles. The molecule has 2 radical (unpaired) electrons. The Hall–Kier alpha value is -4.36. The minimum absolute atomic E-state index is 0. The summed E-state index contributed by atoms with van der Waals surface area (Å²) in [5.41, 5.74) is 19.9. The number of benzene rings is 6. The molecule has 0 atom stereocenters. The molecule has 2 heteroatoms. The van der Waals surface area contributed by atoms with Crippen LogP contribution in [0.15, 0.2) is 146 Å². The van der Waals surface area contributed by atoms with E-state index < -0.39 is 0 Å². The van der Waals surface area contributed by atoms with E-state index >= 15 is 0 Å². The third-order valence-corrected chi connectivity index (χ3v) is 16.1. The van der Waals surface area contributed by atoms with Crippen molar-refractivity contribution in [2.24, 2.45) is 11.8 Å². The van der Waals surface area contributed by atoms with Gasteiger partial charge in [0.25, 0.3) is 0 Å². The summed E-state index contributed by atoms with van der Waals surface area (Å²) in [5.74, 6) is 1.71. The van der Waals surface area contributed by atoms with Crippen molar-refractivity contribution in [2.45, 2.75) is 182 Å². The number of fused-ring (bicyclic) bond motifs is 2. The molecule has 2 aliphatic rings. The minimum Gasteiger partial charge on any atom is -0.164 e. The standard InChI is InChI=1S/2C35H41.C2H6Si.Zr/c2*1-34(2,3)28-15-11-26(12-16-28)30-19-20-31(27-13-17-29(18-14-27)35(4,5)6)33-23-25(22-32(30)33)21-24-9-7-8-10-24;1-3-2;/h2*11-20,22-24H,7-10,21H2,1-6H3;1-2H3;/q2*-1;;+2. The molecule has 384 valence electrons. The Morgan fingerprint density at radius 2 is 0.595 bits per heavy atom. The van der Waals surface area contributed by atoms with Crippen LogP contribution < -0.4 is 0 Å². The quantitative estimate of drug-likeness (QED) is 0.105. The molecule has 74 heavy (non-hydrogen) atoms. The van der Waals surface area contributed by atoms with Gasteiger partial charge in [0.15, 0.2) is 0 Å². The van der Waals surface area contributed by atoms with Crippen molar-refractivity contribution < 1.29 is 26.2 Å². The maximum absolute atomic E-state index is 2.49. The molecular weight excluding hydrogens is 984 g/mol. The fraction of sp³-hybridized carbons (Fsp3) is 0.417. The molecule has 10 rings (SSSR count). The summed E-state index contributed by atoms with van der Waals surface area (Å²) < 4.78 is 0. The van der Waals surface area contributed by atoms with Crippen molar-refractivity contribution in [3.05, 3.63) is 179 Å². The van der Waals surface area contributed by atoms with Crippen LogP contribution in [0.4, 0.5) is 0 Å². The zero-order valence-corrected chi connectivity index (χ0v) is 51.5. The minimum atomic E-state index is 0. The normalized spacial score (nSPS) is 14.7. The van der Waals surface area contributed by atoms with Gasteiger partial charge in [0, 0.05) is 9.52 Å².